The lowest BCUT2D eigenvalue weighted by molar-refractivity contribution is 0.395. The smallest absolute Gasteiger partial charge is 0.262 e. The molecule has 2 aromatic carbocycles. The van der Waals surface area contributed by atoms with Crippen LogP contribution in [0, 0.1) is 6.92 Å². The Kier molecular flexibility index (Phi) is 6.59. The Bertz CT molecular complexity index is 1170. The van der Waals surface area contributed by atoms with E-state index in [2.05, 4.69) is 9.71 Å². The molecular weight excluding hydrogens is 444 g/mol. The molecule has 3 rings (SSSR count). The van der Waals surface area contributed by atoms with E-state index in [0.717, 1.165) is 16.3 Å². The maximum atomic E-state index is 13.4. The fourth-order valence-corrected chi connectivity index (χ4v) is 5.44. The highest BCUT2D eigenvalue weighted by Gasteiger charge is 2.24. The minimum atomic E-state index is -3.97. The second-order valence-electron chi connectivity index (χ2n) is 6.95. The molecule has 1 aromatic heterocycles. The van der Waals surface area contributed by atoms with Crippen LogP contribution in [-0.4, -0.2) is 27.6 Å². The molecule has 0 spiro atoms. The number of nitrogens with one attached hydrogen (secondary N) is 1. The predicted molar refractivity (Wildman–Crippen MR) is 122 cm³/mol. The zero-order chi connectivity index (χ0) is 22.1. The Hall–Kier alpha value is -2.29. The first kappa shape index (κ1) is 22.4. The second-order valence-corrected chi connectivity index (χ2v) is 10.1. The van der Waals surface area contributed by atoms with Crippen molar-refractivity contribution in [3.63, 3.8) is 0 Å². The number of methoxy groups -OCH3 is 2. The van der Waals surface area contributed by atoms with Gasteiger partial charge in [-0.05, 0) is 24.5 Å². The molecule has 1 heterocycles. The molecule has 0 aliphatic heterocycles. The first-order valence-electron chi connectivity index (χ1n) is 9.17. The van der Waals surface area contributed by atoms with Crippen molar-refractivity contribution in [1.29, 1.82) is 0 Å². The molecule has 0 fully saturated rings. The number of benzene rings is 2. The Morgan fingerprint density at radius 1 is 1.13 bits per heavy atom. The molecule has 0 amide bonds. The van der Waals surface area contributed by atoms with Gasteiger partial charge in [0.2, 0.25) is 0 Å². The number of hydrogen-bond acceptors (Lipinski definition) is 6. The zero-order valence-corrected chi connectivity index (χ0v) is 19.7. The van der Waals surface area contributed by atoms with Crippen molar-refractivity contribution in [3.05, 3.63) is 51.3 Å². The van der Waals surface area contributed by atoms with Gasteiger partial charge in [0.25, 0.3) is 10.0 Å². The monoisotopic (exact) mass is 466 g/mol. The number of sulfonamides is 1. The van der Waals surface area contributed by atoms with Crippen LogP contribution in [0.4, 0.5) is 5.69 Å². The Balaban J connectivity index is 2.12. The standard InChI is InChI=1S/C21H23ClN2O4S2/c1-12(2)16-7-6-14(18-11-29-13(3)23-18)8-20(16)30(25,26)24-21-17(22)9-15(27-4)10-19(21)28-5/h6-12,24H,1-5H3. The molecule has 3 aromatic rings. The van der Waals surface area contributed by atoms with Crippen molar-refractivity contribution in [1.82, 2.24) is 4.98 Å². The van der Waals surface area contributed by atoms with E-state index in [1.807, 2.05) is 38.3 Å². The Morgan fingerprint density at radius 2 is 1.87 bits per heavy atom. The van der Waals surface area contributed by atoms with Crippen LogP contribution in [0.5, 0.6) is 11.5 Å². The van der Waals surface area contributed by atoms with Crippen molar-refractivity contribution in [2.24, 2.45) is 0 Å². The SMILES string of the molecule is COc1cc(Cl)c(NS(=O)(=O)c2cc(-c3csc(C)n3)ccc2C(C)C)c(OC)c1. The Labute approximate surface area is 185 Å². The molecule has 6 nitrogen and oxygen atoms in total. The quantitative estimate of drug-likeness (QED) is 0.482. The summed E-state index contributed by atoms with van der Waals surface area (Å²) in [4.78, 5) is 4.65. The van der Waals surface area contributed by atoms with Crippen LogP contribution in [0.25, 0.3) is 11.3 Å². The predicted octanol–water partition coefficient (Wildman–Crippen LogP) is 5.71. The molecule has 160 valence electrons. The van der Waals surface area contributed by atoms with Crippen molar-refractivity contribution in [2.45, 2.75) is 31.6 Å². The van der Waals surface area contributed by atoms with E-state index in [9.17, 15) is 8.42 Å². The molecule has 0 aliphatic carbocycles. The number of aryl methyl sites for hydroxylation is 1. The van der Waals surface area contributed by atoms with Gasteiger partial charge in [0.1, 0.15) is 17.2 Å². The van der Waals surface area contributed by atoms with Crippen LogP contribution >= 0.6 is 22.9 Å². The van der Waals surface area contributed by atoms with Gasteiger partial charge >= 0.3 is 0 Å². The van der Waals surface area contributed by atoms with Crippen molar-refractivity contribution < 1.29 is 17.9 Å². The molecule has 0 atom stereocenters. The van der Waals surface area contributed by atoms with Crippen LogP contribution in [0.3, 0.4) is 0 Å². The minimum Gasteiger partial charge on any atom is -0.497 e. The zero-order valence-electron chi connectivity index (χ0n) is 17.3. The highest BCUT2D eigenvalue weighted by atomic mass is 35.5. The van der Waals surface area contributed by atoms with Crippen LogP contribution in [0.1, 0.15) is 30.3 Å². The van der Waals surface area contributed by atoms with Gasteiger partial charge in [-0.15, -0.1) is 11.3 Å². The van der Waals surface area contributed by atoms with Gasteiger partial charge in [-0.1, -0.05) is 37.6 Å². The van der Waals surface area contributed by atoms with E-state index in [-0.39, 0.29) is 27.3 Å². The van der Waals surface area contributed by atoms with E-state index in [0.29, 0.717) is 11.3 Å². The fourth-order valence-electron chi connectivity index (χ4n) is 3.02. The summed E-state index contributed by atoms with van der Waals surface area (Å²) in [5, 5.41) is 3.00. The summed E-state index contributed by atoms with van der Waals surface area (Å²) in [5.41, 5.74) is 2.33. The lowest BCUT2D eigenvalue weighted by Crippen LogP contribution is -2.16. The van der Waals surface area contributed by atoms with Crippen molar-refractivity contribution >= 4 is 38.6 Å². The van der Waals surface area contributed by atoms with Crippen LogP contribution in [0.15, 0.2) is 40.6 Å². The molecular formula is C21H23ClN2O4S2. The van der Waals surface area contributed by atoms with E-state index in [1.165, 1.54) is 31.6 Å². The van der Waals surface area contributed by atoms with Crippen molar-refractivity contribution in [2.75, 3.05) is 18.9 Å². The maximum absolute atomic E-state index is 13.4. The third-order valence-corrected chi connectivity index (χ3v) is 7.04. The minimum absolute atomic E-state index is 0.00368. The molecule has 30 heavy (non-hydrogen) atoms. The third kappa shape index (κ3) is 4.55. The lowest BCUT2D eigenvalue weighted by Gasteiger charge is -2.18. The van der Waals surface area contributed by atoms with Gasteiger partial charge in [-0.3, -0.25) is 4.72 Å². The van der Waals surface area contributed by atoms with Gasteiger partial charge < -0.3 is 9.47 Å². The van der Waals surface area contributed by atoms with E-state index >= 15 is 0 Å². The van der Waals surface area contributed by atoms with Gasteiger partial charge in [0.15, 0.2) is 0 Å². The number of thiazole rings is 1. The number of nitrogens with zero attached hydrogens (tertiary/aromatic N) is 1. The normalized spacial score (nSPS) is 11.6. The summed E-state index contributed by atoms with van der Waals surface area (Å²) >= 11 is 7.84. The summed E-state index contributed by atoms with van der Waals surface area (Å²) in [6, 6.07) is 8.47. The molecule has 0 bridgehead atoms. The summed E-state index contributed by atoms with van der Waals surface area (Å²) in [5.74, 6) is 0.722. The maximum Gasteiger partial charge on any atom is 0.262 e. The molecule has 0 saturated carbocycles. The first-order valence-corrected chi connectivity index (χ1v) is 11.9. The summed E-state index contributed by atoms with van der Waals surface area (Å²) in [6.07, 6.45) is 0. The Morgan fingerprint density at radius 3 is 2.43 bits per heavy atom. The molecule has 0 saturated heterocycles. The van der Waals surface area contributed by atoms with Crippen LogP contribution in [-0.2, 0) is 10.0 Å². The highest BCUT2D eigenvalue weighted by Crippen LogP contribution is 2.39. The number of aromatic nitrogens is 1. The van der Waals surface area contributed by atoms with Gasteiger partial charge in [0, 0.05) is 23.1 Å². The number of anilines is 1. The average molecular weight is 467 g/mol. The largest absolute Gasteiger partial charge is 0.497 e. The second kappa shape index (κ2) is 8.83. The first-order chi connectivity index (χ1) is 14.2. The third-order valence-electron chi connectivity index (χ3n) is 4.56. The molecule has 9 heteroatoms. The number of rotatable bonds is 7. The number of ether oxygens (including phenoxy) is 2. The fraction of sp³-hybridized carbons (Fsp3) is 0.286. The van der Waals surface area contributed by atoms with Gasteiger partial charge in [-0.2, -0.15) is 0 Å². The average Bonchev–Trinajstić information content (AvgIpc) is 3.15. The van der Waals surface area contributed by atoms with E-state index < -0.39 is 10.0 Å². The van der Waals surface area contributed by atoms with Gasteiger partial charge in [-0.25, -0.2) is 13.4 Å². The molecule has 0 aliphatic rings. The lowest BCUT2D eigenvalue weighted by atomic mass is 10.0. The molecule has 0 radical (unpaired) electrons. The summed E-state index contributed by atoms with van der Waals surface area (Å²) < 4.78 is 39.9. The topological polar surface area (TPSA) is 77.5 Å². The van der Waals surface area contributed by atoms with E-state index in [1.54, 1.807) is 12.1 Å². The highest BCUT2D eigenvalue weighted by molar-refractivity contribution is 7.92. The van der Waals surface area contributed by atoms with Crippen LogP contribution in [0.2, 0.25) is 5.02 Å². The summed E-state index contributed by atoms with van der Waals surface area (Å²) in [6.45, 7) is 5.80. The van der Waals surface area contributed by atoms with Gasteiger partial charge in [0.05, 0.1) is 34.8 Å². The van der Waals surface area contributed by atoms with E-state index in [4.69, 9.17) is 21.1 Å². The van der Waals surface area contributed by atoms with Crippen molar-refractivity contribution in [3.8, 4) is 22.8 Å². The number of hydrogen-bond donors (Lipinski definition) is 1. The van der Waals surface area contributed by atoms with Crippen LogP contribution < -0.4 is 14.2 Å². The number of halogens is 1. The summed E-state index contributed by atoms with van der Waals surface area (Å²) in [7, 11) is -1.03. The molecule has 0 unspecified atom stereocenters. The molecule has 1 N–H and O–H groups in total.